The van der Waals surface area contributed by atoms with Crippen LogP contribution in [0.2, 0.25) is 0 Å². The number of nitrogens with zero attached hydrogens (tertiary/aromatic N) is 2. The summed E-state index contributed by atoms with van der Waals surface area (Å²) in [6.45, 7) is 5.10. The summed E-state index contributed by atoms with van der Waals surface area (Å²) in [4.78, 5) is 17.3. The van der Waals surface area contributed by atoms with Crippen molar-refractivity contribution in [3.8, 4) is 5.75 Å². The van der Waals surface area contributed by atoms with Gasteiger partial charge in [-0.05, 0) is 55.3 Å². The van der Waals surface area contributed by atoms with Crippen LogP contribution in [-0.4, -0.2) is 54.3 Å². The van der Waals surface area contributed by atoms with Gasteiger partial charge in [-0.25, -0.2) is 9.18 Å². The molecule has 2 saturated heterocycles. The number of likely N-dealkylation sites (tertiary alicyclic amines) is 1. The summed E-state index contributed by atoms with van der Waals surface area (Å²) in [7, 11) is 2.10. The van der Waals surface area contributed by atoms with Gasteiger partial charge in [0.15, 0.2) is 0 Å². The maximum absolute atomic E-state index is 13.4. The quantitative estimate of drug-likeness (QED) is 0.605. The lowest BCUT2D eigenvalue weighted by molar-refractivity contribution is -0.0978. The molecule has 5 nitrogen and oxygen atoms in total. The zero-order valence-corrected chi connectivity index (χ0v) is 19.1. The third kappa shape index (κ3) is 5.41. The van der Waals surface area contributed by atoms with Crippen molar-refractivity contribution in [3.63, 3.8) is 0 Å². The summed E-state index contributed by atoms with van der Waals surface area (Å²) < 4.78 is 25.2. The minimum Gasteiger partial charge on any atom is -0.494 e. The molecule has 2 fully saturated rings. The Morgan fingerprint density at radius 3 is 2.38 bits per heavy atom. The Balaban J connectivity index is 1.53. The molecule has 2 aliphatic heterocycles. The first-order chi connectivity index (χ1) is 15.5. The third-order valence-corrected chi connectivity index (χ3v) is 6.62. The molecule has 0 radical (unpaired) electrons. The number of hydrogen-bond donors (Lipinski definition) is 0. The summed E-state index contributed by atoms with van der Waals surface area (Å²) in [5.74, 6) is 0.593. The third-order valence-electron chi connectivity index (χ3n) is 6.62. The van der Waals surface area contributed by atoms with Crippen molar-refractivity contribution in [2.45, 2.75) is 57.2 Å². The number of amides is 1. The Labute approximate surface area is 190 Å². The van der Waals surface area contributed by atoms with E-state index in [1.807, 2.05) is 41.3 Å². The van der Waals surface area contributed by atoms with Gasteiger partial charge in [0, 0.05) is 44.9 Å². The molecule has 1 atom stereocenters. The van der Waals surface area contributed by atoms with E-state index in [2.05, 4.69) is 18.9 Å². The highest BCUT2D eigenvalue weighted by atomic mass is 19.1. The molecule has 32 heavy (non-hydrogen) atoms. The zero-order chi connectivity index (χ0) is 22.6. The number of rotatable bonds is 7. The largest absolute Gasteiger partial charge is 0.494 e. The second kappa shape index (κ2) is 9.90. The molecule has 6 heteroatoms. The number of halogens is 1. The highest BCUT2D eigenvalue weighted by Crippen LogP contribution is 2.38. The van der Waals surface area contributed by atoms with Gasteiger partial charge in [-0.15, -0.1) is 0 Å². The van der Waals surface area contributed by atoms with Crippen molar-refractivity contribution in [1.82, 2.24) is 9.80 Å². The maximum atomic E-state index is 13.4. The van der Waals surface area contributed by atoms with Gasteiger partial charge in [-0.2, -0.15) is 0 Å². The lowest BCUT2D eigenvalue weighted by Gasteiger charge is -2.49. The molecule has 2 aliphatic rings. The van der Waals surface area contributed by atoms with Gasteiger partial charge in [-0.1, -0.05) is 31.2 Å². The molecule has 0 aliphatic carbocycles. The van der Waals surface area contributed by atoms with Gasteiger partial charge >= 0.3 is 6.09 Å². The molecular weight excluding hydrogens is 407 g/mol. The molecule has 2 aromatic rings. The van der Waals surface area contributed by atoms with Crippen LogP contribution in [0, 0.1) is 5.82 Å². The van der Waals surface area contributed by atoms with Gasteiger partial charge in [0.1, 0.15) is 17.2 Å². The van der Waals surface area contributed by atoms with Crippen molar-refractivity contribution in [2.24, 2.45) is 0 Å². The van der Waals surface area contributed by atoms with Gasteiger partial charge in [0.25, 0.3) is 0 Å². The first-order valence-corrected chi connectivity index (χ1v) is 11.6. The maximum Gasteiger partial charge on any atom is 0.410 e. The molecule has 2 heterocycles. The fourth-order valence-electron chi connectivity index (χ4n) is 4.68. The van der Waals surface area contributed by atoms with Crippen LogP contribution in [0.4, 0.5) is 9.18 Å². The normalized spacial score (nSPS) is 20.9. The van der Waals surface area contributed by atoms with Crippen LogP contribution in [0.3, 0.4) is 0 Å². The van der Waals surface area contributed by atoms with Gasteiger partial charge in [-0.3, -0.25) is 0 Å². The zero-order valence-electron chi connectivity index (χ0n) is 19.1. The fourth-order valence-corrected chi connectivity index (χ4v) is 4.68. The molecule has 172 valence electrons. The van der Waals surface area contributed by atoms with Crippen LogP contribution in [0.1, 0.15) is 43.7 Å². The average molecular weight is 441 g/mol. The van der Waals surface area contributed by atoms with E-state index < -0.39 is 5.60 Å². The molecule has 4 rings (SSSR count). The second-order valence-corrected chi connectivity index (χ2v) is 9.16. The van der Waals surface area contributed by atoms with Gasteiger partial charge < -0.3 is 19.3 Å². The highest BCUT2D eigenvalue weighted by Gasteiger charge is 2.46. The predicted molar refractivity (Wildman–Crippen MR) is 122 cm³/mol. The number of hydrogen-bond acceptors (Lipinski definition) is 4. The number of ether oxygens (including phenoxy) is 2. The fraction of sp³-hybridized carbons (Fsp3) is 0.500. The van der Waals surface area contributed by atoms with E-state index in [1.54, 1.807) is 0 Å². The summed E-state index contributed by atoms with van der Waals surface area (Å²) in [5, 5.41) is 0. The summed E-state index contributed by atoms with van der Waals surface area (Å²) >= 11 is 0. The van der Waals surface area contributed by atoms with E-state index in [0.29, 0.717) is 19.6 Å². The monoisotopic (exact) mass is 440 g/mol. The average Bonchev–Trinajstić information content (AvgIpc) is 2.79. The molecule has 0 saturated carbocycles. The highest BCUT2D eigenvalue weighted by molar-refractivity contribution is 5.70. The van der Waals surface area contributed by atoms with Crippen LogP contribution < -0.4 is 4.74 Å². The minimum atomic E-state index is -0.400. The second-order valence-electron chi connectivity index (χ2n) is 9.16. The summed E-state index contributed by atoms with van der Waals surface area (Å²) in [5.41, 5.74) is 1.67. The van der Waals surface area contributed by atoms with Crippen molar-refractivity contribution < 1.29 is 18.7 Å². The lowest BCUT2D eigenvalue weighted by atomic mass is 9.81. The van der Waals surface area contributed by atoms with Crippen LogP contribution >= 0.6 is 0 Å². The molecule has 1 unspecified atom stereocenters. The lowest BCUT2D eigenvalue weighted by Crippen LogP contribution is -2.58. The molecule has 0 N–H and O–H groups in total. The Morgan fingerprint density at radius 1 is 1.06 bits per heavy atom. The molecule has 0 bridgehead atoms. The van der Waals surface area contributed by atoms with Crippen molar-refractivity contribution in [1.29, 1.82) is 0 Å². The topological polar surface area (TPSA) is 42.0 Å². The Bertz CT molecular complexity index is 892. The van der Waals surface area contributed by atoms with Crippen molar-refractivity contribution >= 4 is 6.09 Å². The molecule has 1 amide bonds. The summed E-state index contributed by atoms with van der Waals surface area (Å²) in [6.07, 6.45) is 3.90. The number of carbonyl (C=O) groups excluding carboxylic acids is 1. The van der Waals surface area contributed by atoms with Crippen LogP contribution in [0.5, 0.6) is 5.75 Å². The Kier molecular flexibility index (Phi) is 6.99. The van der Waals surface area contributed by atoms with E-state index in [0.717, 1.165) is 55.6 Å². The first-order valence-electron chi connectivity index (χ1n) is 11.6. The van der Waals surface area contributed by atoms with Crippen molar-refractivity contribution in [2.75, 3.05) is 26.7 Å². The first kappa shape index (κ1) is 22.6. The van der Waals surface area contributed by atoms with Crippen molar-refractivity contribution in [3.05, 3.63) is 65.5 Å². The van der Waals surface area contributed by atoms with Gasteiger partial charge in [0.05, 0.1) is 6.61 Å². The van der Waals surface area contributed by atoms with Gasteiger partial charge in [0.2, 0.25) is 0 Å². The SMILES string of the molecule is CCCOc1ccc(CN2C(=O)OC3(CCN(C)CC3)CC2Cc2ccc(F)cc2)cc1. The smallest absolute Gasteiger partial charge is 0.410 e. The Hall–Kier alpha value is -2.60. The van der Waals surface area contributed by atoms with E-state index in [1.165, 1.54) is 12.1 Å². The number of benzene rings is 2. The van der Waals surface area contributed by atoms with E-state index >= 15 is 0 Å². The molecular formula is C26H33FN2O3. The van der Waals surface area contributed by atoms with E-state index in [9.17, 15) is 9.18 Å². The van der Waals surface area contributed by atoms with E-state index in [4.69, 9.17) is 9.47 Å². The molecule has 0 aromatic heterocycles. The standard InChI is InChI=1S/C26H33FN2O3/c1-3-16-31-24-10-6-21(7-11-24)19-29-23(17-20-4-8-22(27)9-5-20)18-26(32-25(29)30)12-14-28(2)15-13-26/h4-11,23H,3,12-19H2,1-2H3. The molecule has 1 spiro atoms. The number of piperidine rings is 1. The number of carbonyl (C=O) groups is 1. The predicted octanol–water partition coefficient (Wildman–Crippen LogP) is 5.03. The van der Waals surface area contributed by atoms with E-state index in [-0.39, 0.29) is 18.0 Å². The van der Waals surface area contributed by atoms with Crippen LogP contribution in [0.15, 0.2) is 48.5 Å². The minimum absolute atomic E-state index is 0.00105. The Morgan fingerprint density at radius 2 is 1.72 bits per heavy atom. The summed E-state index contributed by atoms with van der Waals surface area (Å²) in [6, 6.07) is 14.5. The molecule has 2 aromatic carbocycles. The van der Waals surface area contributed by atoms with Crippen LogP contribution in [-0.2, 0) is 17.7 Å². The van der Waals surface area contributed by atoms with Crippen LogP contribution in [0.25, 0.3) is 0 Å².